The third-order valence-electron chi connectivity index (χ3n) is 11.0. The molecule has 0 amide bonds. The summed E-state index contributed by atoms with van der Waals surface area (Å²) < 4.78 is 16.4. The van der Waals surface area contributed by atoms with Crippen LogP contribution in [0.5, 0.6) is 0 Å². The number of fused-ring (bicyclic) bond motifs is 6. The molecule has 0 aromatic heterocycles. The molecule has 0 spiro atoms. The summed E-state index contributed by atoms with van der Waals surface area (Å²) >= 11 is 0. The number of halogens is 1. The van der Waals surface area contributed by atoms with Crippen molar-refractivity contribution < 1.29 is 4.39 Å². The average Bonchev–Trinajstić information content (AvgIpc) is 3.52. The first-order valence-electron chi connectivity index (χ1n) is 18.1. The van der Waals surface area contributed by atoms with E-state index in [1.54, 1.807) is 6.07 Å². The first-order chi connectivity index (χ1) is 26.2. The third-order valence-corrected chi connectivity index (χ3v) is 11.0. The van der Waals surface area contributed by atoms with Gasteiger partial charge in [0.1, 0.15) is 5.82 Å². The molecule has 0 atom stereocenters. The molecule has 53 heavy (non-hydrogen) atoms. The van der Waals surface area contributed by atoms with Gasteiger partial charge in [-0.1, -0.05) is 164 Å². The molecule has 0 bridgehead atoms. The molecule has 0 saturated carbocycles. The highest BCUT2D eigenvalue weighted by atomic mass is 19.1. The standard InChI is InChI=1S/C51H34FN/c52-49-34-48-50(45-23-13-12-22-44(45)49)46-31-30-43(33-47(46)51(48,39-18-6-2-7-19-39)40-20-8-3-9-21-40)53(42-29-26-36-16-10-11-17-38(36)32-42)41-27-24-37(25-28-41)35-14-4-1-5-15-35/h1-34H. The van der Waals surface area contributed by atoms with E-state index in [4.69, 9.17) is 0 Å². The van der Waals surface area contributed by atoms with Gasteiger partial charge in [0, 0.05) is 22.4 Å². The summed E-state index contributed by atoms with van der Waals surface area (Å²) in [6.45, 7) is 0. The minimum Gasteiger partial charge on any atom is -0.310 e. The summed E-state index contributed by atoms with van der Waals surface area (Å²) in [7, 11) is 0. The molecule has 0 radical (unpaired) electrons. The van der Waals surface area contributed by atoms with Gasteiger partial charge in [-0.25, -0.2) is 4.39 Å². The van der Waals surface area contributed by atoms with Crippen LogP contribution in [0.3, 0.4) is 0 Å². The van der Waals surface area contributed by atoms with Crippen molar-refractivity contribution in [2.24, 2.45) is 0 Å². The maximum Gasteiger partial charge on any atom is 0.131 e. The van der Waals surface area contributed by atoms with Gasteiger partial charge in [-0.05, 0) is 103 Å². The van der Waals surface area contributed by atoms with E-state index in [0.29, 0.717) is 5.39 Å². The van der Waals surface area contributed by atoms with Gasteiger partial charge in [-0.15, -0.1) is 0 Å². The fourth-order valence-electron chi connectivity index (χ4n) is 8.62. The van der Waals surface area contributed by atoms with Crippen LogP contribution in [0.15, 0.2) is 206 Å². The molecule has 9 aromatic rings. The van der Waals surface area contributed by atoms with E-state index < -0.39 is 5.41 Å². The van der Waals surface area contributed by atoms with Gasteiger partial charge in [-0.3, -0.25) is 0 Å². The van der Waals surface area contributed by atoms with Crippen molar-refractivity contribution in [3.8, 4) is 22.3 Å². The fraction of sp³-hybridized carbons (Fsp3) is 0.0196. The van der Waals surface area contributed by atoms with Crippen molar-refractivity contribution in [2.75, 3.05) is 4.90 Å². The Morgan fingerprint density at radius 2 is 0.906 bits per heavy atom. The number of hydrogen-bond acceptors (Lipinski definition) is 1. The maximum atomic E-state index is 16.4. The van der Waals surface area contributed by atoms with Crippen LogP contribution in [-0.2, 0) is 5.41 Å². The molecule has 0 fully saturated rings. The Morgan fingerprint density at radius 1 is 0.377 bits per heavy atom. The maximum absolute atomic E-state index is 16.4. The van der Waals surface area contributed by atoms with Gasteiger partial charge in [0.15, 0.2) is 0 Å². The molecular formula is C51H34FN. The lowest BCUT2D eigenvalue weighted by Gasteiger charge is -2.35. The van der Waals surface area contributed by atoms with Crippen LogP contribution in [-0.4, -0.2) is 0 Å². The highest BCUT2D eigenvalue weighted by Gasteiger charge is 2.47. The predicted octanol–water partition coefficient (Wildman–Crippen LogP) is 13.6. The van der Waals surface area contributed by atoms with E-state index in [1.165, 1.54) is 21.9 Å². The lowest BCUT2D eigenvalue weighted by molar-refractivity contribution is 0.633. The predicted molar refractivity (Wildman–Crippen MR) is 219 cm³/mol. The van der Waals surface area contributed by atoms with E-state index in [1.807, 2.05) is 24.3 Å². The second-order valence-corrected chi connectivity index (χ2v) is 13.8. The van der Waals surface area contributed by atoms with E-state index in [9.17, 15) is 0 Å². The van der Waals surface area contributed by atoms with E-state index in [2.05, 4.69) is 181 Å². The minimum absolute atomic E-state index is 0.208. The summed E-state index contributed by atoms with van der Waals surface area (Å²) in [6.07, 6.45) is 0. The Bertz CT molecular complexity index is 2730. The van der Waals surface area contributed by atoms with Crippen molar-refractivity contribution in [1.82, 2.24) is 0 Å². The first-order valence-corrected chi connectivity index (χ1v) is 18.1. The first kappa shape index (κ1) is 31.0. The summed E-state index contributed by atoms with van der Waals surface area (Å²) in [5.74, 6) is -0.208. The highest BCUT2D eigenvalue weighted by Crippen LogP contribution is 2.59. The van der Waals surface area contributed by atoms with Crippen molar-refractivity contribution in [1.29, 1.82) is 0 Å². The smallest absolute Gasteiger partial charge is 0.131 e. The molecule has 2 heteroatoms. The molecule has 0 heterocycles. The number of nitrogens with zero attached hydrogens (tertiary/aromatic N) is 1. The van der Waals surface area contributed by atoms with Crippen LogP contribution in [0.2, 0.25) is 0 Å². The summed E-state index contributed by atoms with van der Waals surface area (Å²) in [4.78, 5) is 2.35. The molecule has 0 saturated heterocycles. The molecular weight excluding hydrogens is 646 g/mol. The molecule has 250 valence electrons. The number of benzene rings is 9. The summed E-state index contributed by atoms with van der Waals surface area (Å²) in [5.41, 5.74) is 11.2. The molecule has 0 N–H and O–H groups in total. The summed E-state index contributed by atoms with van der Waals surface area (Å²) in [5, 5.41) is 3.93. The Balaban J connectivity index is 1.26. The van der Waals surface area contributed by atoms with Gasteiger partial charge in [0.2, 0.25) is 0 Å². The Kier molecular flexibility index (Phi) is 7.30. The normalized spacial score (nSPS) is 12.8. The van der Waals surface area contributed by atoms with E-state index in [0.717, 1.165) is 55.8 Å². The van der Waals surface area contributed by atoms with Gasteiger partial charge in [0.05, 0.1) is 5.41 Å². The second kappa shape index (κ2) is 12.5. The van der Waals surface area contributed by atoms with E-state index in [-0.39, 0.29) is 5.82 Å². The number of anilines is 3. The number of hydrogen-bond donors (Lipinski definition) is 0. The molecule has 0 aliphatic heterocycles. The molecule has 1 aliphatic rings. The number of rotatable bonds is 6. The zero-order valence-corrected chi connectivity index (χ0v) is 29.0. The largest absolute Gasteiger partial charge is 0.310 e. The fourth-order valence-corrected chi connectivity index (χ4v) is 8.62. The van der Waals surface area contributed by atoms with Crippen molar-refractivity contribution in [2.45, 2.75) is 5.41 Å². The SMILES string of the molecule is Fc1cc2c(c3ccccc13)-c1ccc(N(c3ccc(-c4ccccc4)cc3)c3ccc4ccccc4c3)cc1C2(c1ccccc1)c1ccccc1. The molecule has 1 aliphatic carbocycles. The molecule has 0 unspecified atom stereocenters. The van der Waals surface area contributed by atoms with Gasteiger partial charge in [0.25, 0.3) is 0 Å². The molecule has 9 aromatic carbocycles. The van der Waals surface area contributed by atoms with Crippen molar-refractivity contribution >= 4 is 38.6 Å². The topological polar surface area (TPSA) is 3.24 Å². The van der Waals surface area contributed by atoms with Crippen LogP contribution in [0.4, 0.5) is 21.5 Å². The van der Waals surface area contributed by atoms with Gasteiger partial charge >= 0.3 is 0 Å². The Hall–Kier alpha value is -6.77. The van der Waals surface area contributed by atoms with Crippen LogP contribution in [0.25, 0.3) is 43.8 Å². The van der Waals surface area contributed by atoms with Gasteiger partial charge in [-0.2, -0.15) is 0 Å². The van der Waals surface area contributed by atoms with Gasteiger partial charge < -0.3 is 4.90 Å². The lowest BCUT2D eigenvalue weighted by atomic mass is 9.67. The Labute approximate surface area is 308 Å². The summed E-state index contributed by atoms with van der Waals surface area (Å²) in [6, 6.07) is 72.3. The lowest BCUT2D eigenvalue weighted by Crippen LogP contribution is -2.29. The van der Waals surface area contributed by atoms with Crippen molar-refractivity contribution in [3.05, 3.63) is 234 Å². The average molecular weight is 680 g/mol. The van der Waals surface area contributed by atoms with Crippen LogP contribution in [0.1, 0.15) is 22.3 Å². The second-order valence-electron chi connectivity index (χ2n) is 13.8. The van der Waals surface area contributed by atoms with E-state index >= 15 is 4.39 Å². The zero-order valence-electron chi connectivity index (χ0n) is 29.0. The molecule has 10 rings (SSSR count). The third kappa shape index (κ3) is 4.91. The highest BCUT2D eigenvalue weighted by molar-refractivity contribution is 6.05. The quantitative estimate of drug-likeness (QED) is 0.169. The minimum atomic E-state index is -0.764. The Morgan fingerprint density at radius 3 is 1.60 bits per heavy atom. The van der Waals surface area contributed by atoms with Crippen LogP contribution in [0, 0.1) is 5.82 Å². The monoisotopic (exact) mass is 679 g/mol. The van der Waals surface area contributed by atoms with Crippen molar-refractivity contribution in [3.63, 3.8) is 0 Å². The molecule has 1 nitrogen and oxygen atoms in total. The van der Waals surface area contributed by atoms with Crippen LogP contribution < -0.4 is 4.90 Å². The van der Waals surface area contributed by atoms with Crippen LogP contribution >= 0.6 is 0 Å². The zero-order chi connectivity index (χ0) is 35.4.